The number of rotatable bonds is 1. The Morgan fingerprint density at radius 1 is 1.22 bits per heavy atom. The van der Waals surface area contributed by atoms with Crippen molar-refractivity contribution < 1.29 is 0 Å². The highest BCUT2D eigenvalue weighted by Crippen LogP contribution is 2.27. The summed E-state index contributed by atoms with van der Waals surface area (Å²) in [5.74, 6) is 0. The Kier molecular flexibility index (Phi) is 2.74. The van der Waals surface area contributed by atoms with Crippen molar-refractivity contribution in [2.45, 2.75) is 31.7 Å². The third-order valence-corrected chi connectivity index (χ3v) is 3.82. The minimum Gasteiger partial charge on any atom is -0.307 e. The molecule has 1 heterocycles. The Labute approximate surface area is 108 Å². The number of aromatic amines is 1. The van der Waals surface area contributed by atoms with E-state index in [1.807, 2.05) is 0 Å². The molecule has 1 fully saturated rings. The number of nitrogens with zero attached hydrogens (tertiary/aromatic N) is 1. The van der Waals surface area contributed by atoms with E-state index in [0.29, 0.717) is 15.9 Å². The first-order valence-electron chi connectivity index (χ1n) is 6.11. The van der Waals surface area contributed by atoms with Crippen LogP contribution in [0.5, 0.6) is 0 Å². The SMILES string of the molecule is O=c1[nH]c2ccc(Cl)cc2c(=O)n1C1CCCC1. The Bertz CT molecular complexity index is 711. The fourth-order valence-electron chi connectivity index (χ4n) is 2.69. The van der Waals surface area contributed by atoms with Crippen LogP contribution in [0.25, 0.3) is 10.9 Å². The zero-order valence-corrected chi connectivity index (χ0v) is 10.5. The first kappa shape index (κ1) is 11.5. The van der Waals surface area contributed by atoms with Crippen LogP contribution >= 0.6 is 11.6 Å². The quantitative estimate of drug-likeness (QED) is 0.860. The molecule has 18 heavy (non-hydrogen) atoms. The van der Waals surface area contributed by atoms with Gasteiger partial charge >= 0.3 is 5.69 Å². The summed E-state index contributed by atoms with van der Waals surface area (Å²) in [7, 11) is 0. The van der Waals surface area contributed by atoms with Gasteiger partial charge in [-0.25, -0.2) is 4.79 Å². The Balaban J connectivity index is 2.32. The first-order valence-corrected chi connectivity index (χ1v) is 6.49. The van der Waals surface area contributed by atoms with Crippen molar-refractivity contribution in [3.05, 3.63) is 44.1 Å². The molecule has 1 saturated carbocycles. The molecule has 0 aliphatic heterocycles. The second kappa shape index (κ2) is 4.28. The van der Waals surface area contributed by atoms with Crippen molar-refractivity contribution in [3.8, 4) is 0 Å². The van der Waals surface area contributed by atoms with Crippen molar-refractivity contribution in [1.29, 1.82) is 0 Å². The highest BCUT2D eigenvalue weighted by Gasteiger charge is 2.21. The summed E-state index contributed by atoms with van der Waals surface area (Å²) >= 11 is 5.90. The minimum absolute atomic E-state index is 0.0321. The minimum atomic E-state index is -0.318. The van der Waals surface area contributed by atoms with Crippen LogP contribution in [0.4, 0.5) is 0 Å². The summed E-state index contributed by atoms with van der Waals surface area (Å²) in [6, 6.07) is 4.98. The van der Waals surface area contributed by atoms with Crippen molar-refractivity contribution in [2.75, 3.05) is 0 Å². The number of benzene rings is 1. The average molecular weight is 265 g/mol. The van der Waals surface area contributed by atoms with Crippen LogP contribution in [0.3, 0.4) is 0 Å². The maximum Gasteiger partial charge on any atom is 0.329 e. The molecular weight excluding hydrogens is 252 g/mol. The smallest absolute Gasteiger partial charge is 0.307 e. The molecule has 2 aromatic rings. The lowest BCUT2D eigenvalue weighted by Crippen LogP contribution is -2.37. The van der Waals surface area contributed by atoms with E-state index < -0.39 is 0 Å². The van der Waals surface area contributed by atoms with Gasteiger partial charge in [0.15, 0.2) is 0 Å². The van der Waals surface area contributed by atoms with Crippen molar-refractivity contribution >= 4 is 22.5 Å². The lowest BCUT2D eigenvalue weighted by atomic mass is 10.2. The summed E-state index contributed by atoms with van der Waals surface area (Å²) in [4.78, 5) is 27.1. The van der Waals surface area contributed by atoms with E-state index in [2.05, 4.69) is 4.98 Å². The predicted molar refractivity (Wildman–Crippen MR) is 71.3 cm³/mol. The maximum absolute atomic E-state index is 12.4. The fraction of sp³-hybridized carbons (Fsp3) is 0.385. The summed E-state index contributed by atoms with van der Waals surface area (Å²) in [6.45, 7) is 0. The molecule has 5 heteroatoms. The molecule has 4 nitrogen and oxygen atoms in total. The molecule has 0 spiro atoms. The molecular formula is C13H13ClN2O2. The van der Waals surface area contributed by atoms with Crippen molar-refractivity contribution in [1.82, 2.24) is 9.55 Å². The van der Waals surface area contributed by atoms with Gasteiger partial charge in [-0.2, -0.15) is 0 Å². The highest BCUT2D eigenvalue weighted by atomic mass is 35.5. The molecule has 1 N–H and O–H groups in total. The van der Waals surface area contributed by atoms with Gasteiger partial charge in [0, 0.05) is 11.1 Å². The molecule has 1 aliphatic rings. The first-order chi connectivity index (χ1) is 8.66. The standard InChI is InChI=1S/C13H13ClN2O2/c14-8-5-6-11-10(7-8)12(17)16(13(18)15-11)9-3-1-2-4-9/h5-7,9H,1-4H2,(H,15,18). The largest absolute Gasteiger partial charge is 0.329 e. The molecule has 1 aliphatic carbocycles. The van der Waals surface area contributed by atoms with Crippen LogP contribution in [-0.2, 0) is 0 Å². The third kappa shape index (κ3) is 1.77. The Morgan fingerprint density at radius 2 is 1.94 bits per heavy atom. The average Bonchev–Trinajstić information content (AvgIpc) is 2.84. The molecule has 0 radical (unpaired) electrons. The van der Waals surface area contributed by atoms with Gasteiger partial charge in [-0.05, 0) is 31.0 Å². The second-order valence-electron chi connectivity index (χ2n) is 4.73. The fourth-order valence-corrected chi connectivity index (χ4v) is 2.87. The van der Waals surface area contributed by atoms with E-state index in [-0.39, 0.29) is 17.3 Å². The number of hydrogen-bond acceptors (Lipinski definition) is 2. The van der Waals surface area contributed by atoms with E-state index in [9.17, 15) is 9.59 Å². The molecule has 1 aromatic heterocycles. The normalized spacial score (nSPS) is 16.5. The number of aromatic nitrogens is 2. The summed E-state index contributed by atoms with van der Waals surface area (Å²) < 4.78 is 1.35. The molecule has 0 amide bonds. The number of fused-ring (bicyclic) bond motifs is 1. The van der Waals surface area contributed by atoms with Gasteiger partial charge in [0.1, 0.15) is 0 Å². The number of nitrogens with one attached hydrogen (secondary N) is 1. The maximum atomic E-state index is 12.4. The highest BCUT2D eigenvalue weighted by molar-refractivity contribution is 6.31. The van der Waals surface area contributed by atoms with Gasteiger partial charge in [0.05, 0.1) is 10.9 Å². The Hall–Kier alpha value is -1.55. The zero-order chi connectivity index (χ0) is 12.7. The zero-order valence-electron chi connectivity index (χ0n) is 9.78. The number of H-pyrrole nitrogens is 1. The monoisotopic (exact) mass is 264 g/mol. The van der Waals surface area contributed by atoms with E-state index in [1.165, 1.54) is 4.57 Å². The number of halogens is 1. The molecule has 3 rings (SSSR count). The van der Waals surface area contributed by atoms with Crippen molar-refractivity contribution in [3.63, 3.8) is 0 Å². The Morgan fingerprint density at radius 3 is 2.67 bits per heavy atom. The summed E-state index contributed by atoms with van der Waals surface area (Å²) in [5, 5.41) is 0.985. The number of hydrogen-bond donors (Lipinski definition) is 1. The summed E-state index contributed by atoms with van der Waals surface area (Å²) in [5.41, 5.74) is -0.00600. The second-order valence-corrected chi connectivity index (χ2v) is 5.17. The van der Waals surface area contributed by atoms with Crippen LogP contribution in [0.2, 0.25) is 5.02 Å². The molecule has 0 saturated heterocycles. The van der Waals surface area contributed by atoms with E-state index >= 15 is 0 Å². The van der Waals surface area contributed by atoms with Gasteiger partial charge in [-0.3, -0.25) is 9.36 Å². The van der Waals surface area contributed by atoms with Crippen LogP contribution in [0.15, 0.2) is 27.8 Å². The van der Waals surface area contributed by atoms with Crippen LogP contribution in [0.1, 0.15) is 31.7 Å². The van der Waals surface area contributed by atoms with Gasteiger partial charge in [0.25, 0.3) is 5.56 Å². The molecule has 94 valence electrons. The molecule has 0 atom stereocenters. The van der Waals surface area contributed by atoms with E-state index in [0.717, 1.165) is 25.7 Å². The van der Waals surface area contributed by atoms with Crippen LogP contribution in [-0.4, -0.2) is 9.55 Å². The third-order valence-electron chi connectivity index (χ3n) is 3.58. The lowest BCUT2D eigenvalue weighted by molar-refractivity contribution is 0.483. The van der Waals surface area contributed by atoms with E-state index in [1.54, 1.807) is 18.2 Å². The molecule has 0 bridgehead atoms. The van der Waals surface area contributed by atoms with Gasteiger partial charge in [-0.15, -0.1) is 0 Å². The lowest BCUT2D eigenvalue weighted by Gasteiger charge is -2.12. The van der Waals surface area contributed by atoms with Crippen LogP contribution in [0, 0.1) is 0 Å². The van der Waals surface area contributed by atoms with Crippen molar-refractivity contribution in [2.24, 2.45) is 0 Å². The molecule has 1 aromatic carbocycles. The van der Waals surface area contributed by atoms with Gasteiger partial charge < -0.3 is 4.98 Å². The van der Waals surface area contributed by atoms with E-state index in [4.69, 9.17) is 11.6 Å². The molecule has 0 unspecified atom stereocenters. The summed E-state index contributed by atoms with van der Waals surface area (Å²) in [6.07, 6.45) is 3.94. The predicted octanol–water partition coefficient (Wildman–Crippen LogP) is 2.46. The van der Waals surface area contributed by atoms with Gasteiger partial charge in [-0.1, -0.05) is 24.4 Å². The topological polar surface area (TPSA) is 54.9 Å². The van der Waals surface area contributed by atoms with Gasteiger partial charge in [0.2, 0.25) is 0 Å². The van der Waals surface area contributed by atoms with Crippen LogP contribution < -0.4 is 11.2 Å².